The standard InChI is InChI=1S/C16H25F2NO3/c1-11-3-4-13(14(20)9-11)12(2)10-16(17,18)15(21)19-5-7-22-8-6-19/h11,13-14,20H,2-10H2,1H3/t11-,13+,14-/m0/s1. The van der Waals surface area contributed by atoms with E-state index in [1.165, 1.54) is 0 Å². The summed E-state index contributed by atoms with van der Waals surface area (Å²) >= 11 is 0. The van der Waals surface area contributed by atoms with Crippen LogP contribution in [0.25, 0.3) is 0 Å². The zero-order valence-corrected chi connectivity index (χ0v) is 13.1. The Hall–Kier alpha value is -1.01. The molecule has 1 heterocycles. The first-order chi connectivity index (χ1) is 10.3. The molecule has 0 unspecified atom stereocenters. The van der Waals surface area contributed by atoms with E-state index in [4.69, 9.17) is 4.74 Å². The summed E-state index contributed by atoms with van der Waals surface area (Å²) in [6.45, 7) is 6.76. The van der Waals surface area contributed by atoms with Crippen molar-refractivity contribution in [2.75, 3.05) is 26.3 Å². The molecule has 0 radical (unpaired) electrons. The van der Waals surface area contributed by atoms with Crippen molar-refractivity contribution in [1.82, 2.24) is 4.90 Å². The quantitative estimate of drug-likeness (QED) is 0.809. The summed E-state index contributed by atoms with van der Waals surface area (Å²) in [5.41, 5.74) is 0.283. The van der Waals surface area contributed by atoms with Crippen LogP contribution in [0.4, 0.5) is 8.78 Å². The second-order valence-electron chi connectivity index (χ2n) is 6.54. The van der Waals surface area contributed by atoms with Crippen LogP contribution in [0.3, 0.4) is 0 Å². The Bertz CT molecular complexity index is 422. The molecule has 1 saturated carbocycles. The smallest absolute Gasteiger partial charge is 0.328 e. The van der Waals surface area contributed by atoms with Gasteiger partial charge in [-0.25, -0.2) is 0 Å². The maximum atomic E-state index is 14.2. The number of hydrogen-bond acceptors (Lipinski definition) is 3. The SMILES string of the molecule is C=C(CC(F)(F)C(=O)N1CCOCC1)[C@H]1CC[C@H](C)C[C@@H]1O. The first-order valence-corrected chi connectivity index (χ1v) is 7.92. The minimum absolute atomic E-state index is 0.199. The molecule has 22 heavy (non-hydrogen) atoms. The maximum Gasteiger partial charge on any atom is 0.328 e. The fraction of sp³-hybridized carbons (Fsp3) is 0.812. The Morgan fingerprint density at radius 2 is 2.00 bits per heavy atom. The van der Waals surface area contributed by atoms with Crippen LogP contribution in [0.2, 0.25) is 0 Å². The fourth-order valence-corrected chi connectivity index (χ4v) is 3.32. The third-order valence-electron chi connectivity index (χ3n) is 4.66. The van der Waals surface area contributed by atoms with Crippen LogP contribution >= 0.6 is 0 Å². The van der Waals surface area contributed by atoms with Crippen LogP contribution in [0.1, 0.15) is 32.6 Å². The maximum absolute atomic E-state index is 14.2. The van der Waals surface area contributed by atoms with Gasteiger partial charge in [0.15, 0.2) is 0 Å². The monoisotopic (exact) mass is 317 g/mol. The van der Waals surface area contributed by atoms with E-state index in [2.05, 4.69) is 6.58 Å². The Morgan fingerprint density at radius 3 is 2.59 bits per heavy atom. The third-order valence-corrected chi connectivity index (χ3v) is 4.66. The van der Waals surface area contributed by atoms with Gasteiger partial charge in [0.2, 0.25) is 0 Å². The summed E-state index contributed by atoms with van der Waals surface area (Å²) in [5.74, 6) is -4.55. The number of carbonyl (C=O) groups excluding carboxylic acids is 1. The molecule has 4 nitrogen and oxygen atoms in total. The van der Waals surface area contributed by atoms with Crippen molar-refractivity contribution in [3.63, 3.8) is 0 Å². The van der Waals surface area contributed by atoms with E-state index in [1.807, 2.05) is 6.92 Å². The van der Waals surface area contributed by atoms with Crippen LogP contribution in [0, 0.1) is 11.8 Å². The van der Waals surface area contributed by atoms with Gasteiger partial charge in [-0.1, -0.05) is 19.1 Å². The molecular weight excluding hydrogens is 292 g/mol. The van der Waals surface area contributed by atoms with Gasteiger partial charge in [0.25, 0.3) is 5.91 Å². The molecular formula is C16H25F2NO3. The Kier molecular flexibility index (Phi) is 5.55. The van der Waals surface area contributed by atoms with E-state index >= 15 is 0 Å². The van der Waals surface area contributed by atoms with Gasteiger partial charge in [-0.15, -0.1) is 0 Å². The molecule has 0 spiro atoms. The number of alkyl halides is 2. The van der Waals surface area contributed by atoms with E-state index < -0.39 is 24.4 Å². The number of nitrogens with zero attached hydrogens (tertiary/aromatic N) is 1. The molecule has 126 valence electrons. The summed E-state index contributed by atoms with van der Waals surface area (Å²) in [6, 6.07) is 0. The lowest BCUT2D eigenvalue weighted by Gasteiger charge is -2.35. The molecule has 0 aromatic heterocycles. The Labute approximate surface area is 130 Å². The zero-order chi connectivity index (χ0) is 16.3. The second kappa shape index (κ2) is 7.04. The number of morpholine rings is 1. The Balaban J connectivity index is 1.95. The van der Waals surface area contributed by atoms with Crippen molar-refractivity contribution >= 4 is 5.91 Å². The van der Waals surface area contributed by atoms with Crippen molar-refractivity contribution < 1.29 is 23.4 Å². The van der Waals surface area contributed by atoms with E-state index in [1.54, 1.807) is 0 Å². The zero-order valence-electron chi connectivity index (χ0n) is 13.1. The van der Waals surface area contributed by atoms with Crippen LogP contribution in [-0.2, 0) is 9.53 Å². The molecule has 2 fully saturated rings. The first-order valence-electron chi connectivity index (χ1n) is 7.92. The Morgan fingerprint density at radius 1 is 1.36 bits per heavy atom. The average Bonchev–Trinajstić information content (AvgIpc) is 2.46. The highest BCUT2D eigenvalue weighted by Gasteiger charge is 2.44. The predicted octanol–water partition coefficient (Wildman–Crippen LogP) is 2.22. The summed E-state index contributed by atoms with van der Waals surface area (Å²) in [4.78, 5) is 13.1. The van der Waals surface area contributed by atoms with E-state index in [9.17, 15) is 18.7 Å². The lowest BCUT2D eigenvalue weighted by molar-refractivity contribution is -0.161. The number of aliphatic hydroxyl groups is 1. The van der Waals surface area contributed by atoms with Crippen molar-refractivity contribution in [2.24, 2.45) is 11.8 Å². The van der Waals surface area contributed by atoms with Gasteiger partial charge < -0.3 is 14.7 Å². The minimum Gasteiger partial charge on any atom is -0.392 e. The highest BCUT2D eigenvalue weighted by atomic mass is 19.3. The fourth-order valence-electron chi connectivity index (χ4n) is 3.32. The number of amides is 1. The van der Waals surface area contributed by atoms with Crippen molar-refractivity contribution in [2.45, 2.75) is 44.6 Å². The summed E-state index contributed by atoms with van der Waals surface area (Å²) in [6.07, 6.45) is 0.837. The van der Waals surface area contributed by atoms with Gasteiger partial charge >= 0.3 is 5.92 Å². The minimum atomic E-state index is -3.46. The van der Waals surface area contributed by atoms with Crippen LogP contribution in [0.5, 0.6) is 0 Å². The van der Waals surface area contributed by atoms with Crippen molar-refractivity contribution in [3.8, 4) is 0 Å². The van der Waals surface area contributed by atoms with E-state index in [0.717, 1.165) is 11.3 Å². The van der Waals surface area contributed by atoms with Gasteiger partial charge in [-0.3, -0.25) is 4.79 Å². The van der Waals surface area contributed by atoms with Crippen LogP contribution in [0.15, 0.2) is 12.2 Å². The number of ether oxygens (including phenoxy) is 1. The normalized spacial score (nSPS) is 30.2. The second-order valence-corrected chi connectivity index (χ2v) is 6.54. The molecule has 2 aliphatic rings. The predicted molar refractivity (Wildman–Crippen MR) is 78.6 cm³/mol. The molecule has 0 aromatic carbocycles. The number of carbonyl (C=O) groups is 1. The lowest BCUT2D eigenvalue weighted by Crippen LogP contribution is -2.49. The van der Waals surface area contributed by atoms with E-state index in [0.29, 0.717) is 32.0 Å². The molecule has 1 aliphatic carbocycles. The average molecular weight is 317 g/mol. The highest BCUT2D eigenvalue weighted by molar-refractivity contribution is 5.84. The third kappa shape index (κ3) is 4.04. The molecule has 1 N–H and O–H groups in total. The molecule has 1 aliphatic heterocycles. The van der Waals surface area contributed by atoms with Crippen molar-refractivity contribution in [1.29, 1.82) is 0 Å². The van der Waals surface area contributed by atoms with Crippen molar-refractivity contribution in [3.05, 3.63) is 12.2 Å². The highest BCUT2D eigenvalue weighted by Crippen LogP contribution is 2.37. The van der Waals surface area contributed by atoms with Crippen LogP contribution in [-0.4, -0.2) is 54.2 Å². The van der Waals surface area contributed by atoms with Gasteiger partial charge in [-0.2, -0.15) is 8.78 Å². The summed E-state index contributed by atoms with van der Waals surface area (Å²) in [5, 5.41) is 10.1. The number of rotatable bonds is 4. The molecule has 3 atom stereocenters. The number of aliphatic hydroxyl groups excluding tert-OH is 1. The molecule has 0 aromatic rings. The number of halogens is 2. The molecule has 1 amide bonds. The number of hydrogen-bond donors (Lipinski definition) is 1. The van der Waals surface area contributed by atoms with Crippen LogP contribution < -0.4 is 0 Å². The van der Waals surface area contributed by atoms with Gasteiger partial charge in [0.1, 0.15) is 0 Å². The largest absolute Gasteiger partial charge is 0.392 e. The van der Waals surface area contributed by atoms with Gasteiger partial charge in [0.05, 0.1) is 19.3 Å². The topological polar surface area (TPSA) is 49.8 Å². The molecule has 0 bridgehead atoms. The molecule has 6 heteroatoms. The summed E-state index contributed by atoms with van der Waals surface area (Å²) in [7, 11) is 0. The first kappa shape index (κ1) is 17.3. The van der Waals surface area contributed by atoms with Gasteiger partial charge in [0, 0.05) is 25.4 Å². The molecule has 2 rings (SSSR count). The van der Waals surface area contributed by atoms with E-state index in [-0.39, 0.29) is 24.6 Å². The lowest BCUT2D eigenvalue weighted by atomic mass is 9.76. The summed E-state index contributed by atoms with van der Waals surface area (Å²) < 4.78 is 33.5. The van der Waals surface area contributed by atoms with Gasteiger partial charge in [-0.05, 0) is 25.2 Å². The molecule has 1 saturated heterocycles.